The Morgan fingerprint density at radius 3 is 2.50 bits per heavy atom. The lowest BCUT2D eigenvalue weighted by Gasteiger charge is -2.27. The van der Waals surface area contributed by atoms with Crippen molar-refractivity contribution in [3.8, 4) is 11.5 Å². The first kappa shape index (κ1) is 23.4. The van der Waals surface area contributed by atoms with Crippen LogP contribution in [-0.4, -0.2) is 30.5 Å². The molecule has 3 aromatic carbocycles. The molecule has 0 spiro atoms. The monoisotopic (exact) mass is 477 g/mol. The molecule has 3 aromatic rings. The highest BCUT2D eigenvalue weighted by Gasteiger charge is 2.47. The fourth-order valence-electron chi connectivity index (χ4n) is 4.15. The lowest BCUT2D eigenvalue weighted by Crippen LogP contribution is -2.29. The van der Waals surface area contributed by atoms with Gasteiger partial charge in [-0.3, -0.25) is 14.5 Å². The highest BCUT2D eigenvalue weighted by molar-refractivity contribution is 6.51. The van der Waals surface area contributed by atoms with Crippen LogP contribution in [0.4, 0.5) is 5.69 Å². The standard InChI is InChI=1S/C27H24ClNO5/c1-4-34-19-10-7-9-18(15-19)29-24(20-11-6-5-8-16(20)2)23(26(31)27(29)32)25(30)17-12-13-22(33-3)21(28)14-17/h5-15,24,30H,4H2,1-3H3/b25-23+. The van der Waals surface area contributed by atoms with E-state index in [2.05, 4.69) is 0 Å². The van der Waals surface area contributed by atoms with Crippen LogP contribution < -0.4 is 14.4 Å². The number of aliphatic hydroxyl groups excluding tert-OH is 1. The van der Waals surface area contributed by atoms with E-state index in [0.29, 0.717) is 29.4 Å². The van der Waals surface area contributed by atoms with Gasteiger partial charge in [0, 0.05) is 17.3 Å². The fourth-order valence-corrected chi connectivity index (χ4v) is 4.40. The average Bonchev–Trinajstić information content (AvgIpc) is 3.09. The third kappa shape index (κ3) is 4.13. The first-order valence-electron chi connectivity index (χ1n) is 10.8. The van der Waals surface area contributed by atoms with Crippen LogP contribution in [0.5, 0.6) is 11.5 Å². The molecule has 1 atom stereocenters. The van der Waals surface area contributed by atoms with Gasteiger partial charge >= 0.3 is 0 Å². The number of methoxy groups -OCH3 is 1. The lowest BCUT2D eigenvalue weighted by molar-refractivity contribution is -0.132. The highest BCUT2D eigenvalue weighted by Crippen LogP contribution is 2.44. The van der Waals surface area contributed by atoms with Crippen molar-refractivity contribution < 1.29 is 24.2 Å². The summed E-state index contributed by atoms with van der Waals surface area (Å²) in [4.78, 5) is 28.1. The molecule has 0 bridgehead atoms. The Labute approximate surface area is 203 Å². The van der Waals surface area contributed by atoms with Crippen molar-refractivity contribution >= 4 is 34.7 Å². The molecule has 1 N–H and O–H groups in total. The average molecular weight is 478 g/mol. The first-order chi connectivity index (χ1) is 16.4. The van der Waals surface area contributed by atoms with E-state index in [1.165, 1.54) is 18.1 Å². The number of aryl methyl sites for hydroxylation is 1. The predicted octanol–water partition coefficient (Wildman–Crippen LogP) is 5.68. The Morgan fingerprint density at radius 1 is 1.06 bits per heavy atom. The number of rotatable bonds is 6. The van der Waals surface area contributed by atoms with Crippen molar-refractivity contribution in [2.45, 2.75) is 19.9 Å². The zero-order chi connectivity index (χ0) is 24.4. The summed E-state index contributed by atoms with van der Waals surface area (Å²) < 4.78 is 10.8. The molecule has 0 aromatic heterocycles. The summed E-state index contributed by atoms with van der Waals surface area (Å²) in [7, 11) is 1.49. The number of ketones is 1. The Kier molecular flexibility index (Phi) is 6.61. The number of amides is 1. The van der Waals surface area contributed by atoms with Crippen molar-refractivity contribution in [3.05, 3.63) is 94.0 Å². The van der Waals surface area contributed by atoms with E-state index in [9.17, 15) is 14.7 Å². The Morgan fingerprint density at radius 2 is 1.82 bits per heavy atom. The number of carbonyl (C=O) groups is 2. The summed E-state index contributed by atoms with van der Waals surface area (Å²) in [5, 5.41) is 11.6. The van der Waals surface area contributed by atoms with Crippen molar-refractivity contribution in [3.63, 3.8) is 0 Å². The maximum Gasteiger partial charge on any atom is 0.300 e. The molecule has 6 nitrogen and oxygen atoms in total. The molecule has 4 rings (SSSR count). The van der Waals surface area contributed by atoms with Gasteiger partial charge in [0.1, 0.15) is 17.3 Å². The molecule has 174 valence electrons. The second-order valence-corrected chi connectivity index (χ2v) is 8.21. The predicted molar refractivity (Wildman–Crippen MR) is 132 cm³/mol. The van der Waals surface area contributed by atoms with Crippen LogP contribution in [-0.2, 0) is 9.59 Å². The van der Waals surface area contributed by atoms with Crippen LogP contribution in [0.15, 0.2) is 72.3 Å². The lowest BCUT2D eigenvalue weighted by atomic mass is 9.92. The number of halogens is 1. The molecule has 0 saturated carbocycles. The molecule has 34 heavy (non-hydrogen) atoms. The minimum atomic E-state index is -0.834. The second kappa shape index (κ2) is 9.61. The van der Waals surface area contributed by atoms with Crippen LogP contribution in [0.3, 0.4) is 0 Å². The van der Waals surface area contributed by atoms with Crippen LogP contribution >= 0.6 is 11.6 Å². The van der Waals surface area contributed by atoms with E-state index in [0.717, 1.165) is 11.1 Å². The van der Waals surface area contributed by atoms with Gasteiger partial charge in [0.25, 0.3) is 11.7 Å². The molecular formula is C27H24ClNO5. The van der Waals surface area contributed by atoms with Gasteiger partial charge in [-0.05, 0) is 55.3 Å². The van der Waals surface area contributed by atoms with Crippen molar-refractivity contribution in [1.29, 1.82) is 0 Å². The summed E-state index contributed by atoms with van der Waals surface area (Å²) in [5.41, 5.74) is 2.39. The highest BCUT2D eigenvalue weighted by atomic mass is 35.5. The number of anilines is 1. The van der Waals surface area contributed by atoms with Gasteiger partial charge in [-0.1, -0.05) is 41.9 Å². The SMILES string of the molecule is CCOc1cccc(N2C(=O)C(=O)/C(=C(/O)c3ccc(OC)c(Cl)c3)C2c2ccccc2C)c1. The molecule has 1 fully saturated rings. The number of hydrogen-bond acceptors (Lipinski definition) is 5. The number of carbonyl (C=O) groups excluding carboxylic acids is 2. The molecule has 0 radical (unpaired) electrons. The first-order valence-corrected chi connectivity index (χ1v) is 11.2. The molecule has 0 aliphatic carbocycles. The van der Waals surface area contributed by atoms with Gasteiger partial charge in [0.05, 0.1) is 30.4 Å². The van der Waals surface area contributed by atoms with Crippen LogP contribution in [0, 0.1) is 6.92 Å². The van der Waals surface area contributed by atoms with Gasteiger partial charge in [-0.25, -0.2) is 0 Å². The summed E-state index contributed by atoms with van der Waals surface area (Å²) in [6.45, 7) is 4.23. The van der Waals surface area contributed by atoms with Gasteiger partial charge < -0.3 is 14.6 Å². The summed E-state index contributed by atoms with van der Waals surface area (Å²) >= 11 is 6.26. The molecule has 1 heterocycles. The quantitative estimate of drug-likeness (QED) is 0.281. The van der Waals surface area contributed by atoms with Gasteiger partial charge in [-0.2, -0.15) is 0 Å². The number of nitrogens with zero attached hydrogens (tertiary/aromatic N) is 1. The number of hydrogen-bond donors (Lipinski definition) is 1. The van der Waals surface area contributed by atoms with Crippen LogP contribution in [0.1, 0.15) is 29.7 Å². The maximum atomic E-state index is 13.3. The largest absolute Gasteiger partial charge is 0.507 e. The summed E-state index contributed by atoms with van der Waals surface area (Å²) in [5.74, 6) is -0.809. The number of Topliss-reactive ketones (excluding diaryl/α,β-unsaturated/α-hetero) is 1. The topological polar surface area (TPSA) is 76.1 Å². The normalized spacial score (nSPS) is 17.2. The summed E-state index contributed by atoms with van der Waals surface area (Å²) in [6.07, 6.45) is 0. The van der Waals surface area contributed by atoms with E-state index in [1.807, 2.05) is 38.1 Å². The number of aliphatic hydroxyl groups is 1. The van der Waals surface area contributed by atoms with E-state index in [4.69, 9.17) is 21.1 Å². The van der Waals surface area contributed by atoms with Gasteiger partial charge in [0.2, 0.25) is 0 Å². The van der Waals surface area contributed by atoms with Gasteiger partial charge in [-0.15, -0.1) is 0 Å². The summed E-state index contributed by atoms with van der Waals surface area (Å²) in [6, 6.07) is 18.3. The Hall–Kier alpha value is -3.77. The van der Waals surface area contributed by atoms with Crippen LogP contribution in [0.2, 0.25) is 5.02 Å². The van der Waals surface area contributed by atoms with Crippen molar-refractivity contribution in [1.82, 2.24) is 0 Å². The minimum absolute atomic E-state index is 0.0117. The maximum absolute atomic E-state index is 13.3. The zero-order valence-corrected chi connectivity index (χ0v) is 19.8. The molecular weight excluding hydrogens is 454 g/mol. The van der Waals surface area contributed by atoms with E-state index in [-0.39, 0.29) is 16.4 Å². The molecule has 1 aliphatic rings. The molecule has 1 amide bonds. The minimum Gasteiger partial charge on any atom is -0.507 e. The van der Waals surface area contributed by atoms with Gasteiger partial charge in [0.15, 0.2) is 0 Å². The van der Waals surface area contributed by atoms with E-state index < -0.39 is 17.7 Å². The molecule has 1 aliphatic heterocycles. The van der Waals surface area contributed by atoms with E-state index >= 15 is 0 Å². The number of benzene rings is 3. The second-order valence-electron chi connectivity index (χ2n) is 7.81. The van der Waals surface area contributed by atoms with E-state index in [1.54, 1.807) is 36.4 Å². The molecule has 1 unspecified atom stereocenters. The Balaban J connectivity index is 1.94. The Bertz CT molecular complexity index is 1300. The van der Waals surface area contributed by atoms with Crippen molar-refractivity contribution in [2.24, 2.45) is 0 Å². The number of ether oxygens (including phenoxy) is 2. The third-order valence-electron chi connectivity index (χ3n) is 5.76. The van der Waals surface area contributed by atoms with Crippen molar-refractivity contribution in [2.75, 3.05) is 18.6 Å². The third-order valence-corrected chi connectivity index (χ3v) is 6.05. The smallest absolute Gasteiger partial charge is 0.300 e. The molecule has 1 saturated heterocycles. The zero-order valence-electron chi connectivity index (χ0n) is 19.0. The fraction of sp³-hybridized carbons (Fsp3) is 0.185. The molecule has 7 heteroatoms. The van der Waals surface area contributed by atoms with Crippen LogP contribution in [0.25, 0.3) is 5.76 Å².